The summed E-state index contributed by atoms with van der Waals surface area (Å²) in [6.45, 7) is 2.22. The third-order valence-corrected chi connectivity index (χ3v) is 3.33. The summed E-state index contributed by atoms with van der Waals surface area (Å²) >= 11 is 0. The van der Waals surface area contributed by atoms with Gasteiger partial charge in [0.1, 0.15) is 11.6 Å². The van der Waals surface area contributed by atoms with E-state index >= 15 is 0 Å². The Morgan fingerprint density at radius 3 is 2.65 bits per heavy atom. The summed E-state index contributed by atoms with van der Waals surface area (Å²) in [4.78, 5) is 16.4. The van der Waals surface area contributed by atoms with Crippen LogP contribution in [0.3, 0.4) is 0 Å². The van der Waals surface area contributed by atoms with Crippen molar-refractivity contribution >= 4 is 5.91 Å². The number of rotatable bonds is 4. The molecule has 1 N–H and O–H groups in total. The molecule has 3 rings (SSSR count). The molecule has 0 radical (unpaired) electrons. The highest BCUT2D eigenvalue weighted by Crippen LogP contribution is 2.22. The number of nitrogens with one attached hydrogen (secondary N) is 1. The Morgan fingerprint density at radius 1 is 1.13 bits per heavy atom. The van der Waals surface area contributed by atoms with E-state index in [-0.39, 0.29) is 17.5 Å². The Kier molecular flexibility index (Phi) is 4.19. The zero-order chi connectivity index (χ0) is 16.2. The van der Waals surface area contributed by atoms with Crippen LogP contribution in [0.1, 0.15) is 21.9 Å². The minimum atomic E-state index is -0.318. The van der Waals surface area contributed by atoms with Crippen LogP contribution in [-0.2, 0) is 6.54 Å². The fraction of sp³-hybridized carbons (Fsp3) is 0.111. The third kappa shape index (κ3) is 3.63. The van der Waals surface area contributed by atoms with Crippen LogP contribution in [0.15, 0.2) is 59.0 Å². The van der Waals surface area contributed by atoms with Crippen molar-refractivity contribution in [3.05, 3.63) is 77.6 Å². The monoisotopic (exact) mass is 310 g/mol. The van der Waals surface area contributed by atoms with Gasteiger partial charge in [-0.25, -0.2) is 4.39 Å². The number of aryl methyl sites for hydroxylation is 1. The summed E-state index contributed by atoms with van der Waals surface area (Å²) in [5, 5.41) is 2.76. The van der Waals surface area contributed by atoms with Gasteiger partial charge in [-0.2, -0.15) is 0 Å². The standard InChI is InChI=1S/C18H15FN2O2/c1-12-3-2-4-15(21-12)11-20-18(22)17-10-9-16(23-17)13-5-7-14(19)8-6-13/h2-10H,11H2,1H3,(H,20,22). The molecule has 23 heavy (non-hydrogen) atoms. The Morgan fingerprint density at radius 2 is 1.91 bits per heavy atom. The fourth-order valence-corrected chi connectivity index (χ4v) is 2.19. The normalized spacial score (nSPS) is 10.5. The van der Waals surface area contributed by atoms with Gasteiger partial charge < -0.3 is 9.73 Å². The molecule has 2 heterocycles. The summed E-state index contributed by atoms with van der Waals surface area (Å²) in [6.07, 6.45) is 0. The smallest absolute Gasteiger partial charge is 0.287 e. The first-order chi connectivity index (χ1) is 11.1. The maximum atomic E-state index is 12.9. The molecule has 3 aromatic rings. The fourth-order valence-electron chi connectivity index (χ4n) is 2.19. The number of hydrogen-bond donors (Lipinski definition) is 1. The minimum absolute atomic E-state index is 0.206. The quantitative estimate of drug-likeness (QED) is 0.799. The highest BCUT2D eigenvalue weighted by Gasteiger charge is 2.12. The van der Waals surface area contributed by atoms with Crippen LogP contribution < -0.4 is 5.32 Å². The average molecular weight is 310 g/mol. The molecule has 4 nitrogen and oxygen atoms in total. The topological polar surface area (TPSA) is 55.1 Å². The van der Waals surface area contributed by atoms with Gasteiger partial charge in [0.25, 0.3) is 5.91 Å². The summed E-state index contributed by atoms with van der Waals surface area (Å²) in [6, 6.07) is 14.8. The Balaban J connectivity index is 1.67. The van der Waals surface area contributed by atoms with E-state index in [1.165, 1.54) is 12.1 Å². The number of hydrogen-bond acceptors (Lipinski definition) is 3. The van der Waals surface area contributed by atoms with Crippen molar-refractivity contribution in [2.75, 3.05) is 0 Å². The number of nitrogens with zero attached hydrogens (tertiary/aromatic N) is 1. The number of halogens is 1. The lowest BCUT2D eigenvalue weighted by atomic mass is 10.2. The van der Waals surface area contributed by atoms with E-state index in [0.717, 1.165) is 11.4 Å². The van der Waals surface area contributed by atoms with Crippen molar-refractivity contribution in [2.45, 2.75) is 13.5 Å². The third-order valence-electron chi connectivity index (χ3n) is 3.33. The van der Waals surface area contributed by atoms with E-state index in [1.54, 1.807) is 24.3 Å². The first kappa shape index (κ1) is 15.0. The second kappa shape index (κ2) is 6.44. The molecule has 0 saturated heterocycles. The van der Waals surface area contributed by atoms with Gasteiger partial charge in [0, 0.05) is 11.3 Å². The molecule has 0 bridgehead atoms. The lowest BCUT2D eigenvalue weighted by molar-refractivity contribution is 0.0923. The van der Waals surface area contributed by atoms with Crippen LogP contribution in [0.4, 0.5) is 4.39 Å². The summed E-state index contributed by atoms with van der Waals surface area (Å²) in [5.41, 5.74) is 2.39. The highest BCUT2D eigenvalue weighted by atomic mass is 19.1. The Labute approximate surface area is 133 Å². The molecule has 0 aliphatic rings. The zero-order valence-corrected chi connectivity index (χ0v) is 12.5. The van der Waals surface area contributed by atoms with E-state index in [2.05, 4.69) is 10.3 Å². The second-order valence-electron chi connectivity index (χ2n) is 5.12. The molecule has 0 spiro atoms. The average Bonchev–Trinajstić information content (AvgIpc) is 3.03. The van der Waals surface area contributed by atoms with E-state index in [0.29, 0.717) is 17.9 Å². The van der Waals surface area contributed by atoms with Gasteiger partial charge in [0.05, 0.1) is 12.2 Å². The molecule has 0 aliphatic carbocycles. The molecule has 1 amide bonds. The first-order valence-corrected chi connectivity index (χ1v) is 7.18. The molecular weight excluding hydrogens is 295 g/mol. The summed E-state index contributed by atoms with van der Waals surface area (Å²) in [5.74, 6) is 0.0893. The van der Waals surface area contributed by atoms with Crippen LogP contribution in [0.2, 0.25) is 0 Å². The number of pyridine rings is 1. The van der Waals surface area contributed by atoms with Crippen molar-refractivity contribution in [2.24, 2.45) is 0 Å². The number of carbonyl (C=O) groups is 1. The van der Waals surface area contributed by atoms with Gasteiger partial charge in [-0.05, 0) is 55.5 Å². The maximum absolute atomic E-state index is 12.9. The first-order valence-electron chi connectivity index (χ1n) is 7.18. The van der Waals surface area contributed by atoms with Gasteiger partial charge in [-0.1, -0.05) is 6.07 Å². The largest absolute Gasteiger partial charge is 0.451 e. The van der Waals surface area contributed by atoms with Crippen LogP contribution in [-0.4, -0.2) is 10.9 Å². The summed E-state index contributed by atoms with van der Waals surface area (Å²) in [7, 11) is 0. The second-order valence-corrected chi connectivity index (χ2v) is 5.12. The van der Waals surface area contributed by atoms with Gasteiger partial charge >= 0.3 is 0 Å². The zero-order valence-electron chi connectivity index (χ0n) is 12.5. The molecule has 0 aliphatic heterocycles. The van der Waals surface area contributed by atoms with Crippen LogP contribution in [0.5, 0.6) is 0 Å². The van der Waals surface area contributed by atoms with Crippen molar-refractivity contribution in [3.63, 3.8) is 0 Å². The van der Waals surface area contributed by atoms with Crippen molar-refractivity contribution < 1.29 is 13.6 Å². The molecule has 0 atom stereocenters. The molecule has 1 aromatic carbocycles. The van der Waals surface area contributed by atoms with Gasteiger partial charge in [-0.3, -0.25) is 9.78 Å². The lowest BCUT2D eigenvalue weighted by Crippen LogP contribution is -2.22. The number of benzene rings is 1. The van der Waals surface area contributed by atoms with Crippen LogP contribution in [0, 0.1) is 12.7 Å². The van der Waals surface area contributed by atoms with Gasteiger partial charge in [0.15, 0.2) is 5.76 Å². The minimum Gasteiger partial charge on any atom is -0.451 e. The van der Waals surface area contributed by atoms with E-state index in [1.807, 2.05) is 25.1 Å². The van der Waals surface area contributed by atoms with E-state index in [4.69, 9.17) is 4.42 Å². The Bertz CT molecular complexity index is 825. The number of carbonyl (C=O) groups excluding carboxylic acids is 1. The molecule has 2 aromatic heterocycles. The van der Waals surface area contributed by atoms with Gasteiger partial charge in [-0.15, -0.1) is 0 Å². The highest BCUT2D eigenvalue weighted by molar-refractivity contribution is 5.92. The van der Waals surface area contributed by atoms with Crippen molar-refractivity contribution in [3.8, 4) is 11.3 Å². The molecule has 116 valence electrons. The summed E-state index contributed by atoms with van der Waals surface area (Å²) < 4.78 is 18.5. The maximum Gasteiger partial charge on any atom is 0.287 e. The van der Waals surface area contributed by atoms with Crippen molar-refractivity contribution in [1.29, 1.82) is 0 Å². The predicted molar refractivity (Wildman–Crippen MR) is 84.2 cm³/mol. The molecular formula is C18H15FN2O2. The number of furan rings is 1. The van der Waals surface area contributed by atoms with Crippen LogP contribution >= 0.6 is 0 Å². The lowest BCUT2D eigenvalue weighted by Gasteiger charge is -2.03. The van der Waals surface area contributed by atoms with Gasteiger partial charge in [0.2, 0.25) is 0 Å². The molecule has 0 saturated carbocycles. The number of aromatic nitrogens is 1. The number of amides is 1. The molecule has 0 unspecified atom stereocenters. The predicted octanol–water partition coefficient (Wildman–Crippen LogP) is 3.72. The van der Waals surface area contributed by atoms with Crippen molar-refractivity contribution in [1.82, 2.24) is 10.3 Å². The van der Waals surface area contributed by atoms with Crippen LogP contribution in [0.25, 0.3) is 11.3 Å². The van der Waals surface area contributed by atoms with E-state index in [9.17, 15) is 9.18 Å². The molecule has 0 fully saturated rings. The molecule has 5 heteroatoms. The SMILES string of the molecule is Cc1cccc(CNC(=O)c2ccc(-c3ccc(F)cc3)o2)n1. The van der Waals surface area contributed by atoms with E-state index < -0.39 is 0 Å². The Hall–Kier alpha value is -2.95.